The summed E-state index contributed by atoms with van der Waals surface area (Å²) < 4.78 is 6.07. The number of methoxy groups -OCH3 is 1. The molecule has 0 radical (unpaired) electrons. The van der Waals surface area contributed by atoms with Crippen molar-refractivity contribution >= 4 is 11.9 Å². The summed E-state index contributed by atoms with van der Waals surface area (Å²) in [6.07, 6.45) is 3.06. The minimum absolute atomic E-state index is 0.145. The van der Waals surface area contributed by atoms with E-state index in [2.05, 4.69) is 20.6 Å². The average Bonchev–Trinajstić information content (AvgIpc) is 2.92. The lowest BCUT2D eigenvalue weighted by Gasteiger charge is -2.07. The Balaban J connectivity index is 2.25. The molecule has 0 unspecified atom stereocenters. The standard InChI is InChI=1S/C13H15N5O4/c1-22-6-5-15-10(19)8-18-12(9-3-2-4-14-7-9)11(13(20)21)16-17-18/h2-4,7H,5-6,8H2,1H3,(H,15,19)(H,20,21). The van der Waals surface area contributed by atoms with Crippen LogP contribution in [-0.2, 0) is 16.1 Å². The van der Waals surface area contributed by atoms with Gasteiger partial charge in [0, 0.05) is 31.6 Å². The van der Waals surface area contributed by atoms with Crippen molar-refractivity contribution in [3.05, 3.63) is 30.2 Å². The number of aromatic nitrogens is 4. The van der Waals surface area contributed by atoms with Crippen molar-refractivity contribution in [1.29, 1.82) is 0 Å². The zero-order valence-electron chi connectivity index (χ0n) is 11.9. The predicted molar refractivity (Wildman–Crippen MR) is 75.1 cm³/mol. The van der Waals surface area contributed by atoms with Crippen LogP contribution in [0, 0.1) is 0 Å². The molecule has 0 aliphatic carbocycles. The highest BCUT2D eigenvalue weighted by Crippen LogP contribution is 2.21. The first-order chi connectivity index (χ1) is 10.6. The highest BCUT2D eigenvalue weighted by atomic mass is 16.5. The molecular weight excluding hydrogens is 290 g/mol. The first kappa shape index (κ1) is 15.6. The lowest BCUT2D eigenvalue weighted by atomic mass is 10.1. The Bertz CT molecular complexity index is 656. The van der Waals surface area contributed by atoms with Crippen LogP contribution in [0.4, 0.5) is 0 Å². The molecule has 0 bridgehead atoms. The predicted octanol–water partition coefficient (Wildman–Crippen LogP) is -0.199. The second-order valence-corrected chi connectivity index (χ2v) is 4.33. The fraction of sp³-hybridized carbons (Fsp3) is 0.308. The first-order valence-electron chi connectivity index (χ1n) is 6.46. The van der Waals surface area contributed by atoms with Crippen LogP contribution < -0.4 is 5.32 Å². The van der Waals surface area contributed by atoms with Crippen LogP contribution >= 0.6 is 0 Å². The summed E-state index contributed by atoms with van der Waals surface area (Å²) in [6.45, 7) is 0.602. The Morgan fingerprint density at radius 1 is 1.45 bits per heavy atom. The summed E-state index contributed by atoms with van der Waals surface area (Å²) in [4.78, 5) is 27.0. The lowest BCUT2D eigenvalue weighted by molar-refractivity contribution is -0.122. The molecule has 2 rings (SSSR count). The highest BCUT2D eigenvalue weighted by Gasteiger charge is 2.21. The largest absolute Gasteiger partial charge is 0.476 e. The van der Waals surface area contributed by atoms with E-state index in [-0.39, 0.29) is 23.8 Å². The Hall–Kier alpha value is -2.81. The van der Waals surface area contributed by atoms with Gasteiger partial charge in [-0.1, -0.05) is 5.21 Å². The van der Waals surface area contributed by atoms with Gasteiger partial charge in [0.1, 0.15) is 12.2 Å². The Kier molecular flexibility index (Phi) is 5.15. The lowest BCUT2D eigenvalue weighted by Crippen LogP contribution is -2.31. The van der Waals surface area contributed by atoms with Crippen molar-refractivity contribution in [3.63, 3.8) is 0 Å². The van der Waals surface area contributed by atoms with Crippen molar-refractivity contribution in [2.75, 3.05) is 20.3 Å². The molecule has 9 heteroatoms. The zero-order valence-corrected chi connectivity index (χ0v) is 11.9. The van der Waals surface area contributed by atoms with E-state index in [1.807, 2.05) is 0 Å². The number of nitrogens with zero attached hydrogens (tertiary/aromatic N) is 4. The summed E-state index contributed by atoms with van der Waals surface area (Å²) in [6, 6.07) is 3.34. The third kappa shape index (κ3) is 3.64. The maximum absolute atomic E-state index is 11.8. The van der Waals surface area contributed by atoms with Crippen LogP contribution in [0.3, 0.4) is 0 Å². The topological polar surface area (TPSA) is 119 Å². The van der Waals surface area contributed by atoms with Gasteiger partial charge in [-0.3, -0.25) is 9.78 Å². The number of pyridine rings is 1. The van der Waals surface area contributed by atoms with Crippen molar-refractivity contribution in [2.24, 2.45) is 0 Å². The Morgan fingerprint density at radius 3 is 2.91 bits per heavy atom. The molecule has 0 spiro atoms. The van der Waals surface area contributed by atoms with E-state index in [9.17, 15) is 14.7 Å². The van der Waals surface area contributed by atoms with E-state index in [0.717, 1.165) is 0 Å². The Labute approximate surface area is 125 Å². The number of carbonyl (C=O) groups excluding carboxylic acids is 1. The van der Waals surface area contributed by atoms with Crippen molar-refractivity contribution in [1.82, 2.24) is 25.3 Å². The summed E-state index contributed by atoms with van der Waals surface area (Å²) in [7, 11) is 1.53. The molecule has 1 amide bonds. The molecule has 0 saturated heterocycles. The van der Waals surface area contributed by atoms with Gasteiger partial charge in [0.15, 0.2) is 5.69 Å². The minimum atomic E-state index is -1.22. The van der Waals surface area contributed by atoms with E-state index in [4.69, 9.17) is 4.74 Å². The van der Waals surface area contributed by atoms with Gasteiger partial charge in [-0.2, -0.15) is 0 Å². The second-order valence-electron chi connectivity index (χ2n) is 4.33. The van der Waals surface area contributed by atoms with Crippen LogP contribution in [0.15, 0.2) is 24.5 Å². The number of carboxylic acid groups (broad SMARTS) is 1. The fourth-order valence-electron chi connectivity index (χ4n) is 1.84. The molecule has 2 heterocycles. The molecule has 22 heavy (non-hydrogen) atoms. The molecule has 2 aromatic rings. The first-order valence-corrected chi connectivity index (χ1v) is 6.46. The normalized spacial score (nSPS) is 10.4. The van der Waals surface area contributed by atoms with Crippen LogP contribution in [0.2, 0.25) is 0 Å². The molecule has 0 aromatic carbocycles. The van der Waals surface area contributed by atoms with E-state index < -0.39 is 5.97 Å². The number of carbonyl (C=O) groups is 2. The summed E-state index contributed by atoms with van der Waals surface area (Å²) in [5, 5.41) is 19.2. The second kappa shape index (κ2) is 7.27. The van der Waals surface area contributed by atoms with Gasteiger partial charge in [-0.05, 0) is 12.1 Å². The smallest absolute Gasteiger partial charge is 0.358 e. The molecule has 0 atom stereocenters. The van der Waals surface area contributed by atoms with Crippen LogP contribution in [-0.4, -0.2) is 57.2 Å². The van der Waals surface area contributed by atoms with Crippen LogP contribution in [0.1, 0.15) is 10.5 Å². The molecule has 0 aliphatic heterocycles. The molecule has 9 nitrogen and oxygen atoms in total. The van der Waals surface area contributed by atoms with Gasteiger partial charge in [0.05, 0.1) is 6.61 Å². The maximum atomic E-state index is 11.8. The quantitative estimate of drug-likeness (QED) is 0.680. The molecule has 116 valence electrons. The van der Waals surface area contributed by atoms with Crippen molar-refractivity contribution in [2.45, 2.75) is 6.54 Å². The SMILES string of the molecule is COCCNC(=O)Cn1nnc(C(=O)O)c1-c1cccnc1. The highest BCUT2D eigenvalue weighted by molar-refractivity contribution is 5.92. The van der Waals surface area contributed by atoms with Gasteiger partial charge in [-0.15, -0.1) is 5.10 Å². The third-order valence-corrected chi connectivity index (χ3v) is 2.79. The molecule has 2 aromatic heterocycles. The maximum Gasteiger partial charge on any atom is 0.358 e. The monoisotopic (exact) mass is 305 g/mol. The third-order valence-electron chi connectivity index (χ3n) is 2.79. The summed E-state index contributed by atoms with van der Waals surface area (Å²) >= 11 is 0. The zero-order chi connectivity index (χ0) is 15.9. The number of aromatic carboxylic acids is 1. The molecule has 2 N–H and O–H groups in total. The van der Waals surface area contributed by atoms with Gasteiger partial charge in [-0.25, -0.2) is 9.48 Å². The average molecular weight is 305 g/mol. The Morgan fingerprint density at radius 2 is 2.27 bits per heavy atom. The fourth-order valence-corrected chi connectivity index (χ4v) is 1.84. The molecule has 0 fully saturated rings. The number of hydrogen-bond acceptors (Lipinski definition) is 6. The van der Waals surface area contributed by atoms with Crippen LogP contribution in [0.5, 0.6) is 0 Å². The van der Waals surface area contributed by atoms with Gasteiger partial charge >= 0.3 is 5.97 Å². The number of amides is 1. The number of rotatable bonds is 7. The van der Waals surface area contributed by atoms with Gasteiger partial charge in [0.25, 0.3) is 0 Å². The van der Waals surface area contributed by atoms with Gasteiger partial charge in [0.2, 0.25) is 5.91 Å². The van der Waals surface area contributed by atoms with Crippen molar-refractivity contribution < 1.29 is 19.4 Å². The minimum Gasteiger partial charge on any atom is -0.476 e. The summed E-state index contributed by atoms with van der Waals surface area (Å²) in [5.41, 5.74) is 0.537. The van der Waals surface area contributed by atoms with E-state index in [1.165, 1.54) is 18.0 Å². The van der Waals surface area contributed by atoms with Crippen LogP contribution in [0.25, 0.3) is 11.3 Å². The number of ether oxygens (including phenoxy) is 1. The number of nitrogens with one attached hydrogen (secondary N) is 1. The van der Waals surface area contributed by atoms with Crippen molar-refractivity contribution in [3.8, 4) is 11.3 Å². The van der Waals surface area contributed by atoms with E-state index >= 15 is 0 Å². The number of carboxylic acids is 1. The molecule has 0 aliphatic rings. The molecule has 0 saturated carbocycles. The number of hydrogen-bond donors (Lipinski definition) is 2. The molecular formula is C13H15N5O4. The summed E-state index contributed by atoms with van der Waals surface area (Å²) in [5.74, 6) is -1.53. The van der Waals surface area contributed by atoms with Gasteiger partial charge < -0.3 is 15.2 Å². The van der Waals surface area contributed by atoms with E-state index in [0.29, 0.717) is 18.7 Å². The van der Waals surface area contributed by atoms with E-state index in [1.54, 1.807) is 18.3 Å².